The molecule has 0 bridgehead atoms. The van der Waals surface area contributed by atoms with Crippen LogP contribution < -0.4 is 10.1 Å². The highest BCUT2D eigenvalue weighted by atomic mass is 35.5. The van der Waals surface area contributed by atoms with Crippen LogP contribution in [0.1, 0.15) is 0 Å². The third kappa shape index (κ3) is 5.36. The largest absolute Gasteiger partial charge is 0.493 e. The van der Waals surface area contributed by atoms with E-state index in [9.17, 15) is 4.79 Å². The molecule has 20 heavy (non-hydrogen) atoms. The Bertz CT molecular complexity index is 534. The molecule has 0 saturated heterocycles. The maximum absolute atomic E-state index is 11.5. The molecule has 2 rings (SSSR count). The van der Waals surface area contributed by atoms with Crippen molar-refractivity contribution < 1.29 is 9.53 Å². The normalized spacial score (nSPS) is 10.2. The molecule has 5 nitrogen and oxygen atoms in total. The minimum absolute atomic E-state index is 0.0850. The summed E-state index contributed by atoms with van der Waals surface area (Å²) in [5.74, 6) is 1.78. The van der Waals surface area contributed by atoms with Crippen molar-refractivity contribution in [2.75, 3.05) is 23.4 Å². The summed E-state index contributed by atoms with van der Waals surface area (Å²) in [4.78, 5) is 11.5. The van der Waals surface area contributed by atoms with Gasteiger partial charge in [-0.2, -0.15) is 0 Å². The second-order valence-electron chi connectivity index (χ2n) is 3.65. The van der Waals surface area contributed by atoms with Crippen molar-refractivity contribution in [1.29, 1.82) is 0 Å². The predicted molar refractivity (Wildman–Crippen MR) is 82.8 cm³/mol. The number of hydrogen-bond acceptors (Lipinski definition) is 6. The van der Waals surface area contributed by atoms with Gasteiger partial charge in [-0.1, -0.05) is 22.9 Å². The standard InChI is InChI=1S/C12H12ClN3O2S2/c13-9-1-3-10(4-2-9)18-5-6-19-7-11(17)15-12-16-14-8-20-12/h1-4,8H,5-7H2,(H,15,16,17). The van der Waals surface area contributed by atoms with E-state index >= 15 is 0 Å². The number of ether oxygens (including phenoxy) is 1. The first-order valence-electron chi connectivity index (χ1n) is 5.76. The fraction of sp³-hybridized carbons (Fsp3) is 0.250. The highest BCUT2D eigenvalue weighted by molar-refractivity contribution is 7.99. The Labute approximate surface area is 129 Å². The van der Waals surface area contributed by atoms with Gasteiger partial charge in [0.2, 0.25) is 11.0 Å². The Morgan fingerprint density at radius 1 is 1.40 bits per heavy atom. The molecule has 0 aliphatic rings. The van der Waals surface area contributed by atoms with E-state index in [4.69, 9.17) is 16.3 Å². The summed E-state index contributed by atoms with van der Waals surface area (Å²) >= 11 is 8.57. The minimum Gasteiger partial charge on any atom is -0.493 e. The fourth-order valence-corrected chi connectivity index (χ4v) is 2.49. The van der Waals surface area contributed by atoms with Crippen molar-refractivity contribution in [2.45, 2.75) is 0 Å². The first kappa shape index (κ1) is 15.1. The van der Waals surface area contributed by atoms with Crippen molar-refractivity contribution in [3.8, 4) is 5.75 Å². The number of benzene rings is 1. The monoisotopic (exact) mass is 329 g/mol. The molecule has 0 aliphatic heterocycles. The molecule has 1 heterocycles. The molecule has 0 saturated carbocycles. The van der Waals surface area contributed by atoms with Crippen LogP contribution in [0, 0.1) is 0 Å². The van der Waals surface area contributed by atoms with Crippen LogP contribution in [-0.4, -0.2) is 34.2 Å². The Morgan fingerprint density at radius 2 is 2.20 bits per heavy atom. The van der Waals surface area contributed by atoms with Gasteiger partial charge in [0.1, 0.15) is 11.3 Å². The Hall–Kier alpha value is -1.31. The van der Waals surface area contributed by atoms with Gasteiger partial charge in [-0.15, -0.1) is 22.0 Å². The van der Waals surface area contributed by atoms with E-state index < -0.39 is 0 Å². The van der Waals surface area contributed by atoms with Crippen molar-refractivity contribution in [3.05, 3.63) is 34.8 Å². The molecule has 0 unspecified atom stereocenters. The van der Waals surface area contributed by atoms with Crippen LogP contribution in [0.25, 0.3) is 0 Å². The number of nitrogens with zero attached hydrogens (tertiary/aromatic N) is 2. The summed E-state index contributed by atoms with van der Waals surface area (Å²) in [5, 5.41) is 11.2. The molecule has 0 radical (unpaired) electrons. The van der Waals surface area contributed by atoms with Gasteiger partial charge >= 0.3 is 0 Å². The summed E-state index contributed by atoms with van der Waals surface area (Å²) in [6.07, 6.45) is 0. The summed E-state index contributed by atoms with van der Waals surface area (Å²) in [7, 11) is 0. The van der Waals surface area contributed by atoms with Crippen LogP contribution in [0.2, 0.25) is 5.02 Å². The van der Waals surface area contributed by atoms with Crippen LogP contribution in [0.5, 0.6) is 5.75 Å². The Kier molecular flexibility index (Phi) is 6.10. The number of hydrogen-bond donors (Lipinski definition) is 1. The van der Waals surface area contributed by atoms with Crippen molar-refractivity contribution in [3.63, 3.8) is 0 Å². The van der Waals surface area contributed by atoms with Crippen LogP contribution >= 0.6 is 34.7 Å². The van der Waals surface area contributed by atoms with Crippen molar-refractivity contribution in [2.24, 2.45) is 0 Å². The van der Waals surface area contributed by atoms with E-state index in [0.717, 1.165) is 11.5 Å². The molecule has 1 aromatic carbocycles. The van der Waals surface area contributed by atoms with Gasteiger partial charge in [-0.05, 0) is 24.3 Å². The van der Waals surface area contributed by atoms with E-state index in [0.29, 0.717) is 22.5 Å². The lowest BCUT2D eigenvalue weighted by atomic mass is 10.3. The van der Waals surface area contributed by atoms with E-state index in [2.05, 4.69) is 15.5 Å². The average Bonchev–Trinajstić information content (AvgIpc) is 2.93. The van der Waals surface area contributed by atoms with E-state index in [-0.39, 0.29) is 5.91 Å². The predicted octanol–water partition coefficient (Wildman–Crippen LogP) is 2.94. The number of anilines is 1. The molecular weight excluding hydrogens is 318 g/mol. The zero-order valence-corrected chi connectivity index (χ0v) is 12.8. The zero-order chi connectivity index (χ0) is 14.2. The average molecular weight is 330 g/mol. The smallest absolute Gasteiger partial charge is 0.236 e. The molecular formula is C12H12ClN3O2S2. The van der Waals surface area contributed by atoms with Gasteiger partial charge in [0.25, 0.3) is 0 Å². The van der Waals surface area contributed by atoms with Gasteiger partial charge in [0.15, 0.2) is 0 Å². The minimum atomic E-state index is -0.0850. The summed E-state index contributed by atoms with van der Waals surface area (Å²) in [6.45, 7) is 0.540. The number of amides is 1. The topological polar surface area (TPSA) is 64.1 Å². The maximum Gasteiger partial charge on any atom is 0.236 e. The number of carbonyl (C=O) groups excluding carboxylic acids is 1. The summed E-state index contributed by atoms with van der Waals surface area (Å²) < 4.78 is 5.52. The first-order chi connectivity index (χ1) is 9.74. The second kappa shape index (κ2) is 8.08. The summed E-state index contributed by atoms with van der Waals surface area (Å²) in [6, 6.07) is 7.18. The van der Waals surface area contributed by atoms with E-state index in [1.807, 2.05) is 12.1 Å². The fourth-order valence-electron chi connectivity index (χ4n) is 1.30. The van der Waals surface area contributed by atoms with Gasteiger partial charge in [-0.25, -0.2) is 0 Å². The van der Waals surface area contributed by atoms with Crippen molar-refractivity contribution >= 4 is 45.7 Å². The Morgan fingerprint density at radius 3 is 2.90 bits per heavy atom. The molecule has 1 N–H and O–H groups in total. The lowest BCUT2D eigenvalue weighted by molar-refractivity contribution is -0.113. The number of aromatic nitrogens is 2. The molecule has 0 atom stereocenters. The van der Waals surface area contributed by atoms with Crippen LogP contribution in [0.15, 0.2) is 29.8 Å². The molecule has 0 fully saturated rings. The lowest BCUT2D eigenvalue weighted by Gasteiger charge is -2.05. The number of rotatable bonds is 7. The molecule has 2 aromatic rings. The lowest BCUT2D eigenvalue weighted by Crippen LogP contribution is -2.15. The van der Waals surface area contributed by atoms with Gasteiger partial charge in [0.05, 0.1) is 12.4 Å². The highest BCUT2D eigenvalue weighted by Crippen LogP contribution is 2.16. The molecule has 8 heteroatoms. The first-order valence-corrected chi connectivity index (χ1v) is 8.17. The van der Waals surface area contributed by atoms with Crippen LogP contribution in [0.3, 0.4) is 0 Å². The third-order valence-corrected chi connectivity index (χ3v) is 3.93. The van der Waals surface area contributed by atoms with E-state index in [1.54, 1.807) is 17.6 Å². The quantitative estimate of drug-likeness (QED) is 0.791. The van der Waals surface area contributed by atoms with Gasteiger partial charge in [0, 0.05) is 10.8 Å². The maximum atomic E-state index is 11.5. The molecule has 106 valence electrons. The zero-order valence-electron chi connectivity index (χ0n) is 10.4. The third-order valence-electron chi connectivity index (χ3n) is 2.15. The second-order valence-corrected chi connectivity index (χ2v) is 6.02. The molecule has 0 spiro atoms. The molecule has 0 aliphatic carbocycles. The van der Waals surface area contributed by atoms with Gasteiger partial charge in [-0.3, -0.25) is 10.1 Å². The molecule has 1 amide bonds. The molecule has 1 aromatic heterocycles. The highest BCUT2D eigenvalue weighted by Gasteiger charge is 2.04. The van der Waals surface area contributed by atoms with Crippen LogP contribution in [0.4, 0.5) is 5.13 Å². The van der Waals surface area contributed by atoms with Crippen LogP contribution in [-0.2, 0) is 4.79 Å². The number of halogens is 1. The van der Waals surface area contributed by atoms with E-state index in [1.165, 1.54) is 23.1 Å². The van der Waals surface area contributed by atoms with Crippen molar-refractivity contribution in [1.82, 2.24) is 10.2 Å². The summed E-state index contributed by atoms with van der Waals surface area (Å²) in [5.41, 5.74) is 1.57. The Balaban J connectivity index is 1.57. The number of carbonyl (C=O) groups is 1. The van der Waals surface area contributed by atoms with Gasteiger partial charge < -0.3 is 4.74 Å². The number of thioether (sulfide) groups is 1. The number of nitrogens with one attached hydrogen (secondary N) is 1. The SMILES string of the molecule is O=C(CSCCOc1ccc(Cl)cc1)Nc1nncs1.